The zero-order chi connectivity index (χ0) is 12.8. The third-order valence-corrected chi connectivity index (χ3v) is 2.33. The lowest BCUT2D eigenvalue weighted by atomic mass is 10.2. The fourth-order valence-corrected chi connectivity index (χ4v) is 1.46. The molecule has 94 valence electrons. The van der Waals surface area contributed by atoms with Crippen LogP contribution in [0.25, 0.3) is 0 Å². The summed E-state index contributed by atoms with van der Waals surface area (Å²) in [5.74, 6) is -0.466. The monoisotopic (exact) mass is 257 g/mol. The molecule has 1 unspecified atom stereocenters. The van der Waals surface area contributed by atoms with Gasteiger partial charge in [0.05, 0.1) is 12.2 Å². The number of ether oxygens (including phenoxy) is 2. The van der Waals surface area contributed by atoms with Crippen molar-refractivity contribution in [1.82, 2.24) is 0 Å². The molecule has 17 heavy (non-hydrogen) atoms. The Labute approximate surface area is 106 Å². The molecule has 1 atom stereocenters. The molecule has 0 amide bonds. The summed E-state index contributed by atoms with van der Waals surface area (Å²) >= 11 is 5.74. The van der Waals surface area contributed by atoms with Gasteiger partial charge in [-0.25, -0.2) is 4.79 Å². The fourth-order valence-electron chi connectivity index (χ4n) is 1.28. The molecule has 0 aliphatic carbocycles. The van der Waals surface area contributed by atoms with Crippen molar-refractivity contribution in [3.05, 3.63) is 28.8 Å². The predicted molar refractivity (Wildman–Crippen MR) is 67.2 cm³/mol. The first kappa shape index (κ1) is 13.8. The molecule has 0 bridgehead atoms. The van der Waals surface area contributed by atoms with Gasteiger partial charge in [-0.1, -0.05) is 11.6 Å². The van der Waals surface area contributed by atoms with Gasteiger partial charge in [-0.3, -0.25) is 0 Å². The van der Waals surface area contributed by atoms with Gasteiger partial charge in [0.15, 0.2) is 0 Å². The van der Waals surface area contributed by atoms with E-state index in [2.05, 4.69) is 0 Å². The van der Waals surface area contributed by atoms with Gasteiger partial charge in [0, 0.05) is 17.3 Å². The number of nitrogen functional groups attached to an aromatic ring is 1. The molecule has 1 rings (SSSR count). The first-order valence-electron chi connectivity index (χ1n) is 5.38. The van der Waals surface area contributed by atoms with Crippen LogP contribution in [-0.2, 0) is 9.47 Å². The molecule has 0 saturated carbocycles. The molecule has 0 spiro atoms. The average molecular weight is 258 g/mol. The first-order valence-corrected chi connectivity index (χ1v) is 5.76. The van der Waals surface area contributed by atoms with Crippen molar-refractivity contribution in [3.63, 3.8) is 0 Å². The standard InChI is InChI=1S/C12H16ClNO3/c1-3-16-7-8(2)17-12(15)10-5-4-9(13)6-11(10)14/h4-6,8H,3,7,14H2,1-2H3. The van der Waals surface area contributed by atoms with E-state index in [1.54, 1.807) is 19.1 Å². The molecule has 5 heteroatoms. The van der Waals surface area contributed by atoms with E-state index in [4.69, 9.17) is 26.8 Å². The Morgan fingerprint density at radius 1 is 1.53 bits per heavy atom. The molecule has 1 aromatic rings. The highest BCUT2D eigenvalue weighted by atomic mass is 35.5. The van der Waals surface area contributed by atoms with Crippen molar-refractivity contribution in [2.24, 2.45) is 0 Å². The second-order valence-corrected chi connectivity index (χ2v) is 4.04. The number of hydrogen-bond acceptors (Lipinski definition) is 4. The number of carbonyl (C=O) groups is 1. The minimum atomic E-state index is -0.466. The number of rotatable bonds is 5. The summed E-state index contributed by atoms with van der Waals surface area (Å²) in [6.45, 7) is 4.60. The summed E-state index contributed by atoms with van der Waals surface area (Å²) in [6, 6.07) is 4.67. The highest BCUT2D eigenvalue weighted by molar-refractivity contribution is 6.31. The molecular formula is C12H16ClNO3. The van der Waals surface area contributed by atoms with Crippen molar-refractivity contribution in [2.45, 2.75) is 20.0 Å². The van der Waals surface area contributed by atoms with E-state index in [0.29, 0.717) is 29.5 Å². The van der Waals surface area contributed by atoms with Crippen LogP contribution in [0.2, 0.25) is 5.02 Å². The lowest BCUT2D eigenvalue weighted by molar-refractivity contribution is 0.00449. The lowest BCUT2D eigenvalue weighted by Crippen LogP contribution is -2.21. The maximum Gasteiger partial charge on any atom is 0.340 e. The molecule has 0 heterocycles. The van der Waals surface area contributed by atoms with Gasteiger partial charge in [-0.15, -0.1) is 0 Å². The van der Waals surface area contributed by atoms with Gasteiger partial charge in [0.25, 0.3) is 0 Å². The smallest absolute Gasteiger partial charge is 0.340 e. The quantitative estimate of drug-likeness (QED) is 0.650. The third kappa shape index (κ3) is 4.24. The molecule has 0 radical (unpaired) electrons. The van der Waals surface area contributed by atoms with Gasteiger partial charge in [-0.05, 0) is 32.0 Å². The van der Waals surface area contributed by atoms with Crippen LogP contribution < -0.4 is 5.73 Å². The second-order valence-electron chi connectivity index (χ2n) is 3.61. The van der Waals surface area contributed by atoms with Crippen molar-refractivity contribution in [2.75, 3.05) is 18.9 Å². The number of benzene rings is 1. The van der Waals surface area contributed by atoms with Crippen LogP contribution in [0.5, 0.6) is 0 Å². The van der Waals surface area contributed by atoms with E-state index >= 15 is 0 Å². The maximum atomic E-state index is 11.7. The van der Waals surface area contributed by atoms with Gasteiger partial charge in [-0.2, -0.15) is 0 Å². The van der Waals surface area contributed by atoms with E-state index in [1.807, 2.05) is 6.92 Å². The van der Waals surface area contributed by atoms with Crippen LogP contribution in [0.15, 0.2) is 18.2 Å². The van der Waals surface area contributed by atoms with Crippen LogP contribution in [0.1, 0.15) is 24.2 Å². The summed E-state index contributed by atoms with van der Waals surface area (Å²) < 4.78 is 10.3. The Morgan fingerprint density at radius 2 is 2.24 bits per heavy atom. The lowest BCUT2D eigenvalue weighted by Gasteiger charge is -2.13. The average Bonchev–Trinajstić information content (AvgIpc) is 2.26. The normalized spacial score (nSPS) is 12.2. The molecule has 0 aliphatic heterocycles. The number of anilines is 1. The van der Waals surface area contributed by atoms with Crippen LogP contribution >= 0.6 is 11.6 Å². The maximum absolute atomic E-state index is 11.7. The molecule has 0 fully saturated rings. The van der Waals surface area contributed by atoms with E-state index in [-0.39, 0.29) is 6.10 Å². The number of hydrogen-bond donors (Lipinski definition) is 1. The highest BCUT2D eigenvalue weighted by Crippen LogP contribution is 2.19. The summed E-state index contributed by atoms with van der Waals surface area (Å²) in [7, 11) is 0. The van der Waals surface area contributed by atoms with Crippen molar-refractivity contribution >= 4 is 23.3 Å². The predicted octanol–water partition coefficient (Wildman–Crippen LogP) is 2.50. The highest BCUT2D eigenvalue weighted by Gasteiger charge is 2.14. The number of nitrogens with two attached hydrogens (primary N) is 1. The Bertz CT molecular complexity index is 395. The van der Waals surface area contributed by atoms with E-state index in [9.17, 15) is 4.79 Å². The third-order valence-electron chi connectivity index (χ3n) is 2.10. The summed E-state index contributed by atoms with van der Waals surface area (Å²) in [4.78, 5) is 11.7. The molecule has 0 aromatic heterocycles. The van der Waals surface area contributed by atoms with Gasteiger partial charge in [0.1, 0.15) is 6.10 Å². The van der Waals surface area contributed by atoms with Crippen molar-refractivity contribution in [1.29, 1.82) is 0 Å². The molecule has 0 aliphatic rings. The van der Waals surface area contributed by atoms with E-state index in [1.165, 1.54) is 6.07 Å². The number of carbonyl (C=O) groups excluding carboxylic acids is 1. The topological polar surface area (TPSA) is 61.5 Å². The molecule has 0 saturated heterocycles. The van der Waals surface area contributed by atoms with E-state index in [0.717, 1.165) is 0 Å². The SMILES string of the molecule is CCOCC(C)OC(=O)c1ccc(Cl)cc1N. The fraction of sp³-hybridized carbons (Fsp3) is 0.417. The Hall–Kier alpha value is -1.26. The molecule has 4 nitrogen and oxygen atoms in total. The molecule has 2 N–H and O–H groups in total. The minimum Gasteiger partial charge on any atom is -0.457 e. The minimum absolute atomic E-state index is 0.308. The Morgan fingerprint density at radius 3 is 2.82 bits per heavy atom. The number of esters is 1. The van der Waals surface area contributed by atoms with Crippen molar-refractivity contribution < 1.29 is 14.3 Å². The van der Waals surface area contributed by atoms with Gasteiger partial charge >= 0.3 is 5.97 Å². The molecular weight excluding hydrogens is 242 g/mol. The zero-order valence-corrected chi connectivity index (χ0v) is 10.7. The zero-order valence-electron chi connectivity index (χ0n) is 9.90. The largest absolute Gasteiger partial charge is 0.457 e. The Balaban J connectivity index is 2.63. The first-order chi connectivity index (χ1) is 8.04. The van der Waals surface area contributed by atoms with Crippen LogP contribution in [-0.4, -0.2) is 25.3 Å². The van der Waals surface area contributed by atoms with Crippen LogP contribution in [0, 0.1) is 0 Å². The van der Waals surface area contributed by atoms with Gasteiger partial charge < -0.3 is 15.2 Å². The molecule has 1 aromatic carbocycles. The second kappa shape index (κ2) is 6.47. The Kier molecular flexibility index (Phi) is 5.25. The van der Waals surface area contributed by atoms with E-state index < -0.39 is 5.97 Å². The summed E-state index contributed by atoms with van der Waals surface area (Å²) in [6.07, 6.45) is -0.308. The van der Waals surface area contributed by atoms with Gasteiger partial charge in [0.2, 0.25) is 0 Å². The summed E-state index contributed by atoms with van der Waals surface area (Å²) in [5.41, 5.74) is 6.31. The summed E-state index contributed by atoms with van der Waals surface area (Å²) in [5, 5.41) is 0.487. The van der Waals surface area contributed by atoms with Crippen molar-refractivity contribution in [3.8, 4) is 0 Å². The van der Waals surface area contributed by atoms with Crippen LogP contribution in [0.4, 0.5) is 5.69 Å². The van der Waals surface area contributed by atoms with Crippen LogP contribution in [0.3, 0.4) is 0 Å². The number of halogens is 1.